The van der Waals surface area contributed by atoms with Crippen molar-refractivity contribution in [2.45, 2.75) is 26.8 Å². The van der Waals surface area contributed by atoms with E-state index < -0.39 is 0 Å². The van der Waals surface area contributed by atoms with Gasteiger partial charge >= 0.3 is 6.03 Å². The summed E-state index contributed by atoms with van der Waals surface area (Å²) in [5.41, 5.74) is 5.13. The third kappa shape index (κ3) is 5.62. The number of carbonyl (C=O) groups is 1. The molecular weight excluding hydrogens is 434 g/mol. The first kappa shape index (κ1) is 22.6. The molecule has 3 aromatic carbocycles. The van der Waals surface area contributed by atoms with E-state index in [-0.39, 0.29) is 18.1 Å². The first-order valence-corrected chi connectivity index (χ1v) is 11.3. The fraction of sp³-hybridized carbons (Fsp3) is 0.185. The summed E-state index contributed by atoms with van der Waals surface area (Å²) >= 11 is 5.96. The van der Waals surface area contributed by atoms with Gasteiger partial charge in [-0.05, 0) is 73.4 Å². The van der Waals surface area contributed by atoms with E-state index in [9.17, 15) is 9.59 Å². The van der Waals surface area contributed by atoms with Crippen LogP contribution in [0, 0.1) is 13.8 Å². The maximum Gasteiger partial charge on any atom is 0.322 e. The normalized spacial score (nSPS) is 10.9. The highest BCUT2D eigenvalue weighted by Gasteiger charge is 2.17. The maximum absolute atomic E-state index is 13.2. The minimum absolute atomic E-state index is 0.184. The molecule has 0 saturated carbocycles. The Kier molecular flexibility index (Phi) is 6.80. The van der Waals surface area contributed by atoms with Crippen LogP contribution in [0.25, 0.3) is 10.9 Å². The molecule has 5 nitrogen and oxygen atoms in total. The van der Waals surface area contributed by atoms with Gasteiger partial charge < -0.3 is 15.2 Å². The molecule has 0 aliphatic heterocycles. The van der Waals surface area contributed by atoms with E-state index >= 15 is 0 Å². The standard InChI is InChI=1S/C27H26ClN3O2/c1-18-14-19(2)24-16-21(26(32)30-25(24)15-18)17-31(13-12-20-6-4-3-5-7-20)27(33)29-23-10-8-22(28)9-11-23/h3-11,14-16H,12-13,17H2,1-2H3,(H,29,33)(H,30,32). The number of aryl methyl sites for hydroxylation is 2. The highest BCUT2D eigenvalue weighted by atomic mass is 35.5. The zero-order valence-corrected chi connectivity index (χ0v) is 19.4. The number of halogens is 1. The lowest BCUT2D eigenvalue weighted by Gasteiger charge is -2.23. The van der Waals surface area contributed by atoms with E-state index in [1.807, 2.05) is 56.3 Å². The largest absolute Gasteiger partial charge is 0.322 e. The molecule has 0 fully saturated rings. The number of aromatic nitrogens is 1. The lowest BCUT2D eigenvalue weighted by Crippen LogP contribution is -2.37. The summed E-state index contributed by atoms with van der Waals surface area (Å²) < 4.78 is 0. The number of nitrogens with one attached hydrogen (secondary N) is 2. The van der Waals surface area contributed by atoms with Gasteiger partial charge in [-0.1, -0.05) is 48.0 Å². The van der Waals surface area contributed by atoms with E-state index in [1.54, 1.807) is 29.2 Å². The van der Waals surface area contributed by atoms with Crippen molar-refractivity contribution in [3.8, 4) is 0 Å². The number of hydrogen-bond acceptors (Lipinski definition) is 2. The molecule has 0 spiro atoms. The average molecular weight is 460 g/mol. The lowest BCUT2D eigenvalue weighted by atomic mass is 10.0. The Morgan fingerprint density at radius 2 is 1.73 bits per heavy atom. The molecule has 1 aromatic heterocycles. The molecular formula is C27H26ClN3O2. The summed E-state index contributed by atoms with van der Waals surface area (Å²) in [5.74, 6) is 0. The van der Waals surface area contributed by atoms with Crippen LogP contribution >= 0.6 is 11.6 Å². The third-order valence-electron chi connectivity index (χ3n) is 5.65. The number of amides is 2. The van der Waals surface area contributed by atoms with Crippen LogP contribution in [-0.2, 0) is 13.0 Å². The summed E-state index contributed by atoms with van der Waals surface area (Å²) in [6, 6.07) is 22.6. The number of benzene rings is 3. The lowest BCUT2D eigenvalue weighted by molar-refractivity contribution is 0.209. The fourth-order valence-electron chi connectivity index (χ4n) is 3.94. The van der Waals surface area contributed by atoms with Crippen molar-refractivity contribution in [2.75, 3.05) is 11.9 Å². The second-order valence-corrected chi connectivity index (χ2v) is 8.70. The summed E-state index contributed by atoms with van der Waals surface area (Å²) in [4.78, 5) is 30.7. The van der Waals surface area contributed by atoms with Gasteiger partial charge in [0, 0.05) is 33.7 Å². The van der Waals surface area contributed by atoms with Gasteiger partial charge in [0.05, 0.1) is 6.54 Å². The van der Waals surface area contributed by atoms with E-state index in [2.05, 4.69) is 16.4 Å². The molecule has 0 atom stereocenters. The van der Waals surface area contributed by atoms with Crippen molar-refractivity contribution < 1.29 is 4.79 Å². The smallest absolute Gasteiger partial charge is 0.322 e. The number of nitrogens with zero attached hydrogens (tertiary/aromatic N) is 1. The van der Waals surface area contributed by atoms with E-state index in [0.29, 0.717) is 29.2 Å². The van der Waals surface area contributed by atoms with Crippen LogP contribution < -0.4 is 10.9 Å². The molecule has 0 aliphatic rings. The Labute approximate surface area is 198 Å². The van der Waals surface area contributed by atoms with Gasteiger partial charge in [-0.2, -0.15) is 0 Å². The van der Waals surface area contributed by atoms with Crippen molar-refractivity contribution in [1.29, 1.82) is 0 Å². The average Bonchev–Trinajstić information content (AvgIpc) is 2.79. The van der Waals surface area contributed by atoms with Crippen LogP contribution in [-0.4, -0.2) is 22.5 Å². The first-order valence-electron chi connectivity index (χ1n) is 10.9. The van der Waals surface area contributed by atoms with Crippen LogP contribution in [0.2, 0.25) is 5.02 Å². The van der Waals surface area contributed by atoms with Gasteiger partial charge in [-0.25, -0.2) is 4.79 Å². The van der Waals surface area contributed by atoms with Crippen LogP contribution in [0.3, 0.4) is 0 Å². The van der Waals surface area contributed by atoms with Gasteiger partial charge in [0.1, 0.15) is 0 Å². The highest BCUT2D eigenvalue weighted by molar-refractivity contribution is 6.30. The Balaban J connectivity index is 1.62. The quantitative estimate of drug-likeness (QED) is 0.367. The molecule has 2 amide bonds. The molecule has 6 heteroatoms. The molecule has 0 unspecified atom stereocenters. The number of pyridine rings is 1. The summed E-state index contributed by atoms with van der Waals surface area (Å²) in [6.07, 6.45) is 0.679. The number of carbonyl (C=O) groups excluding carboxylic acids is 1. The predicted octanol–water partition coefficient (Wildman–Crippen LogP) is 6.08. The number of fused-ring (bicyclic) bond motifs is 1. The van der Waals surface area contributed by atoms with E-state index in [0.717, 1.165) is 27.6 Å². The molecule has 0 bridgehead atoms. The molecule has 2 N–H and O–H groups in total. The number of urea groups is 1. The highest BCUT2D eigenvalue weighted by Crippen LogP contribution is 2.20. The monoisotopic (exact) mass is 459 g/mol. The molecule has 33 heavy (non-hydrogen) atoms. The predicted molar refractivity (Wildman–Crippen MR) is 135 cm³/mol. The number of aromatic amines is 1. The zero-order chi connectivity index (χ0) is 23.4. The van der Waals surface area contributed by atoms with Gasteiger partial charge in [-0.15, -0.1) is 0 Å². The number of rotatable bonds is 6. The number of anilines is 1. The van der Waals surface area contributed by atoms with Crippen LogP contribution in [0.5, 0.6) is 0 Å². The van der Waals surface area contributed by atoms with Gasteiger partial charge in [0.15, 0.2) is 0 Å². The van der Waals surface area contributed by atoms with Crippen molar-refractivity contribution in [2.24, 2.45) is 0 Å². The molecule has 4 rings (SSSR count). The Morgan fingerprint density at radius 3 is 2.45 bits per heavy atom. The van der Waals surface area contributed by atoms with E-state index in [1.165, 1.54) is 0 Å². The molecule has 0 saturated heterocycles. The van der Waals surface area contributed by atoms with Crippen molar-refractivity contribution in [1.82, 2.24) is 9.88 Å². The van der Waals surface area contributed by atoms with Gasteiger partial charge in [0.2, 0.25) is 0 Å². The van der Waals surface area contributed by atoms with E-state index in [4.69, 9.17) is 11.6 Å². The Bertz CT molecular complexity index is 1330. The minimum atomic E-state index is -0.270. The number of H-pyrrole nitrogens is 1. The zero-order valence-electron chi connectivity index (χ0n) is 18.7. The topological polar surface area (TPSA) is 65.2 Å². The van der Waals surface area contributed by atoms with Crippen LogP contribution in [0.15, 0.2) is 77.6 Å². The Hall–Kier alpha value is -3.57. The van der Waals surface area contributed by atoms with Crippen molar-refractivity contribution in [3.63, 3.8) is 0 Å². The molecule has 0 aliphatic carbocycles. The SMILES string of the molecule is Cc1cc(C)c2cc(CN(CCc3ccccc3)C(=O)Nc3ccc(Cl)cc3)c(=O)[nH]c2c1. The van der Waals surface area contributed by atoms with Crippen molar-refractivity contribution in [3.05, 3.63) is 110 Å². The van der Waals surface area contributed by atoms with Gasteiger partial charge in [0.25, 0.3) is 5.56 Å². The second-order valence-electron chi connectivity index (χ2n) is 8.26. The summed E-state index contributed by atoms with van der Waals surface area (Å²) in [7, 11) is 0. The van der Waals surface area contributed by atoms with Crippen LogP contribution in [0.1, 0.15) is 22.3 Å². The van der Waals surface area contributed by atoms with Crippen LogP contribution in [0.4, 0.5) is 10.5 Å². The fourth-order valence-corrected chi connectivity index (χ4v) is 4.06. The summed E-state index contributed by atoms with van der Waals surface area (Å²) in [5, 5.41) is 4.50. The Morgan fingerprint density at radius 1 is 1.00 bits per heavy atom. The second kappa shape index (κ2) is 9.92. The minimum Gasteiger partial charge on any atom is -0.322 e. The third-order valence-corrected chi connectivity index (χ3v) is 5.90. The molecule has 1 heterocycles. The molecule has 168 valence electrons. The first-order chi connectivity index (χ1) is 15.9. The van der Waals surface area contributed by atoms with Crippen molar-refractivity contribution >= 4 is 34.2 Å². The molecule has 4 aromatic rings. The summed E-state index contributed by atoms with van der Waals surface area (Å²) in [6.45, 7) is 4.70. The molecule has 0 radical (unpaired) electrons. The van der Waals surface area contributed by atoms with Gasteiger partial charge in [-0.3, -0.25) is 4.79 Å². The number of hydrogen-bond donors (Lipinski definition) is 2. The maximum atomic E-state index is 13.2.